The SMILES string of the molecule is Cc1ncsc1-c1ccc(CNC(=O)C2CC(O)CN2C(=O)C(NC(=O)CCOCCOCCO)C(C)(C)C)cc1. The van der Waals surface area contributed by atoms with Gasteiger partial charge in [0, 0.05) is 25.9 Å². The second kappa shape index (κ2) is 15.4. The largest absolute Gasteiger partial charge is 0.394 e. The van der Waals surface area contributed by atoms with Crippen molar-refractivity contribution in [3.63, 3.8) is 0 Å². The van der Waals surface area contributed by atoms with Gasteiger partial charge in [-0.05, 0) is 23.5 Å². The number of hydrogen-bond donors (Lipinski definition) is 4. The van der Waals surface area contributed by atoms with Gasteiger partial charge in [0.25, 0.3) is 0 Å². The smallest absolute Gasteiger partial charge is 0.246 e. The summed E-state index contributed by atoms with van der Waals surface area (Å²) in [5.41, 5.74) is 4.11. The molecule has 1 aliphatic rings. The second-order valence-corrected chi connectivity index (χ2v) is 12.0. The summed E-state index contributed by atoms with van der Waals surface area (Å²) in [5.74, 6) is -1.12. The number of ether oxygens (including phenoxy) is 2. The number of aliphatic hydroxyl groups is 2. The van der Waals surface area contributed by atoms with E-state index in [0.29, 0.717) is 6.61 Å². The highest BCUT2D eigenvalue weighted by molar-refractivity contribution is 7.13. The number of rotatable bonds is 14. The van der Waals surface area contributed by atoms with Gasteiger partial charge in [0.15, 0.2) is 0 Å². The molecule has 4 N–H and O–H groups in total. The van der Waals surface area contributed by atoms with Crippen LogP contribution in [0.5, 0.6) is 0 Å². The average Bonchev–Trinajstić information content (AvgIpc) is 3.54. The minimum absolute atomic E-state index is 0.0131. The highest BCUT2D eigenvalue weighted by Crippen LogP contribution is 2.28. The van der Waals surface area contributed by atoms with Gasteiger partial charge >= 0.3 is 0 Å². The predicted molar refractivity (Wildman–Crippen MR) is 155 cm³/mol. The van der Waals surface area contributed by atoms with Crippen LogP contribution in [0.2, 0.25) is 0 Å². The van der Waals surface area contributed by atoms with Gasteiger partial charge in [-0.2, -0.15) is 0 Å². The number of aromatic nitrogens is 1. The number of carbonyl (C=O) groups excluding carboxylic acids is 3. The summed E-state index contributed by atoms with van der Waals surface area (Å²) in [6.45, 7) is 8.67. The van der Waals surface area contributed by atoms with Crippen LogP contribution in [0, 0.1) is 12.3 Å². The van der Waals surface area contributed by atoms with Crippen molar-refractivity contribution >= 4 is 29.1 Å². The fourth-order valence-corrected chi connectivity index (χ4v) is 5.38. The van der Waals surface area contributed by atoms with Gasteiger partial charge in [0.2, 0.25) is 17.7 Å². The molecule has 1 fully saturated rings. The Morgan fingerprint density at radius 1 is 1.12 bits per heavy atom. The third-order valence-corrected chi connectivity index (χ3v) is 7.77. The molecule has 1 aliphatic heterocycles. The first-order valence-electron chi connectivity index (χ1n) is 13.8. The summed E-state index contributed by atoms with van der Waals surface area (Å²) >= 11 is 1.58. The van der Waals surface area contributed by atoms with Gasteiger partial charge in [-0.3, -0.25) is 14.4 Å². The molecule has 3 atom stereocenters. The fraction of sp³-hybridized carbons (Fsp3) is 0.586. The monoisotopic (exact) mass is 590 g/mol. The maximum Gasteiger partial charge on any atom is 0.246 e. The summed E-state index contributed by atoms with van der Waals surface area (Å²) < 4.78 is 10.5. The van der Waals surface area contributed by atoms with E-state index in [4.69, 9.17) is 14.6 Å². The number of nitrogens with zero attached hydrogens (tertiary/aromatic N) is 2. The number of aliphatic hydroxyl groups excluding tert-OH is 2. The quantitative estimate of drug-likeness (QED) is 0.243. The average molecular weight is 591 g/mol. The molecule has 226 valence electrons. The molecule has 1 aromatic heterocycles. The van der Waals surface area contributed by atoms with Crippen LogP contribution in [-0.4, -0.2) is 95.6 Å². The van der Waals surface area contributed by atoms with Crippen molar-refractivity contribution in [2.45, 2.75) is 65.3 Å². The first kappa shape index (κ1) is 32.6. The molecule has 41 heavy (non-hydrogen) atoms. The maximum absolute atomic E-state index is 13.7. The summed E-state index contributed by atoms with van der Waals surface area (Å²) in [7, 11) is 0. The second-order valence-electron chi connectivity index (χ2n) is 11.1. The van der Waals surface area contributed by atoms with Crippen LogP contribution in [-0.2, 0) is 30.4 Å². The van der Waals surface area contributed by atoms with Crippen LogP contribution in [0.4, 0.5) is 0 Å². The molecule has 12 heteroatoms. The number of benzene rings is 1. The van der Waals surface area contributed by atoms with Crippen LogP contribution < -0.4 is 10.6 Å². The lowest BCUT2D eigenvalue weighted by molar-refractivity contribution is -0.144. The van der Waals surface area contributed by atoms with Crippen LogP contribution in [0.15, 0.2) is 29.8 Å². The number of carbonyl (C=O) groups is 3. The van der Waals surface area contributed by atoms with Crippen molar-refractivity contribution in [2.24, 2.45) is 5.41 Å². The van der Waals surface area contributed by atoms with E-state index < -0.39 is 29.5 Å². The zero-order valence-corrected chi connectivity index (χ0v) is 25.0. The number of amides is 3. The summed E-state index contributed by atoms with van der Waals surface area (Å²) in [5, 5.41) is 24.8. The predicted octanol–water partition coefficient (Wildman–Crippen LogP) is 1.64. The highest BCUT2D eigenvalue weighted by Gasteiger charge is 2.44. The van der Waals surface area contributed by atoms with Gasteiger partial charge in [0.05, 0.1) is 55.2 Å². The first-order valence-corrected chi connectivity index (χ1v) is 14.7. The van der Waals surface area contributed by atoms with E-state index in [2.05, 4.69) is 15.6 Å². The van der Waals surface area contributed by atoms with E-state index >= 15 is 0 Å². The molecule has 1 aromatic carbocycles. The molecular weight excluding hydrogens is 548 g/mol. The molecule has 2 heterocycles. The molecule has 3 rings (SSSR count). The molecule has 0 bridgehead atoms. The van der Waals surface area contributed by atoms with Crippen molar-refractivity contribution < 1.29 is 34.1 Å². The molecule has 11 nitrogen and oxygen atoms in total. The standard InChI is InChI=1S/C29H42N4O7S/c1-19-25(41-18-31-19)21-7-5-20(6-8-21)16-30-27(37)23-15-22(35)17-33(23)28(38)26(29(2,3)4)32-24(36)9-11-39-13-14-40-12-10-34/h5-8,18,22-23,26,34-35H,9-17H2,1-4H3,(H,30,37)(H,32,36). The third-order valence-electron chi connectivity index (χ3n) is 6.79. The minimum atomic E-state index is -0.897. The lowest BCUT2D eigenvalue weighted by Gasteiger charge is -2.35. The Morgan fingerprint density at radius 3 is 2.41 bits per heavy atom. The lowest BCUT2D eigenvalue weighted by atomic mass is 9.85. The summed E-state index contributed by atoms with van der Waals surface area (Å²) in [6, 6.07) is 6.12. The van der Waals surface area contributed by atoms with E-state index in [9.17, 15) is 19.5 Å². The van der Waals surface area contributed by atoms with Crippen LogP contribution >= 0.6 is 11.3 Å². The molecule has 3 unspecified atom stereocenters. The number of hydrogen-bond acceptors (Lipinski definition) is 9. The number of β-amino-alcohol motifs (C(OH)–C–C–N with tert-alkyl or cyclic N) is 1. The Labute approximate surface area is 245 Å². The van der Waals surface area contributed by atoms with Gasteiger partial charge in [0.1, 0.15) is 12.1 Å². The first-order chi connectivity index (χ1) is 19.5. The number of thiazole rings is 1. The molecule has 0 radical (unpaired) electrons. The minimum Gasteiger partial charge on any atom is -0.394 e. The van der Waals surface area contributed by atoms with E-state index in [1.807, 2.05) is 57.5 Å². The molecular formula is C29H42N4O7S. The van der Waals surface area contributed by atoms with Crippen molar-refractivity contribution in [1.82, 2.24) is 20.5 Å². The third kappa shape index (κ3) is 9.57. The van der Waals surface area contributed by atoms with Crippen molar-refractivity contribution in [1.29, 1.82) is 0 Å². The number of aryl methyl sites for hydroxylation is 1. The zero-order valence-electron chi connectivity index (χ0n) is 24.2. The van der Waals surface area contributed by atoms with E-state index in [1.54, 1.807) is 11.3 Å². The van der Waals surface area contributed by atoms with Gasteiger partial charge in [-0.15, -0.1) is 11.3 Å². The zero-order chi connectivity index (χ0) is 30.0. The Bertz CT molecular complexity index is 1150. The lowest BCUT2D eigenvalue weighted by Crippen LogP contribution is -2.57. The molecule has 3 amide bonds. The van der Waals surface area contributed by atoms with E-state index in [-0.39, 0.29) is 64.2 Å². The molecule has 0 saturated carbocycles. The van der Waals surface area contributed by atoms with Crippen molar-refractivity contribution in [3.8, 4) is 10.4 Å². The Kier molecular flexibility index (Phi) is 12.2. The van der Waals surface area contributed by atoms with Gasteiger partial charge in [-0.1, -0.05) is 45.0 Å². The highest BCUT2D eigenvalue weighted by atomic mass is 32.1. The van der Waals surface area contributed by atoms with Gasteiger partial charge in [-0.25, -0.2) is 4.98 Å². The fourth-order valence-electron chi connectivity index (χ4n) is 4.56. The number of nitrogens with one attached hydrogen (secondary N) is 2. The van der Waals surface area contributed by atoms with E-state index in [1.165, 1.54) is 4.90 Å². The summed E-state index contributed by atoms with van der Waals surface area (Å²) in [4.78, 5) is 46.3. The van der Waals surface area contributed by atoms with Crippen LogP contribution in [0.3, 0.4) is 0 Å². The van der Waals surface area contributed by atoms with Crippen molar-refractivity contribution in [2.75, 3.05) is 39.6 Å². The molecule has 2 aromatic rings. The van der Waals surface area contributed by atoms with Gasteiger partial charge < -0.3 is 35.2 Å². The Balaban J connectivity index is 1.57. The van der Waals surface area contributed by atoms with Crippen molar-refractivity contribution in [3.05, 3.63) is 41.0 Å². The normalized spacial score (nSPS) is 17.9. The van der Waals surface area contributed by atoms with Crippen LogP contribution in [0.25, 0.3) is 10.4 Å². The maximum atomic E-state index is 13.7. The summed E-state index contributed by atoms with van der Waals surface area (Å²) in [6.07, 6.45) is -0.666. The Hall–Kier alpha value is -2.90. The molecule has 0 aliphatic carbocycles. The molecule has 0 spiro atoms. The topological polar surface area (TPSA) is 150 Å². The number of likely N-dealkylation sites (tertiary alicyclic amines) is 1. The van der Waals surface area contributed by atoms with E-state index in [0.717, 1.165) is 21.7 Å². The molecule has 1 saturated heterocycles. The van der Waals surface area contributed by atoms with Crippen LogP contribution in [0.1, 0.15) is 44.9 Å². The Morgan fingerprint density at radius 2 is 1.80 bits per heavy atom.